The van der Waals surface area contributed by atoms with Gasteiger partial charge in [0.05, 0.1) is 10.6 Å². The lowest BCUT2D eigenvalue weighted by Gasteiger charge is -2.32. The third kappa shape index (κ3) is 4.47. The van der Waals surface area contributed by atoms with Gasteiger partial charge in [-0.1, -0.05) is 34.1 Å². The first kappa shape index (κ1) is 26.1. The van der Waals surface area contributed by atoms with Gasteiger partial charge >= 0.3 is 12.2 Å². The van der Waals surface area contributed by atoms with Crippen LogP contribution in [-0.2, 0) is 31.5 Å². The fourth-order valence-electron chi connectivity index (χ4n) is 4.23. The molecular weight excluding hydrogens is 574 g/mol. The Hall–Kier alpha value is -3.00. The van der Waals surface area contributed by atoms with Gasteiger partial charge in [0.1, 0.15) is 18.4 Å². The van der Waals surface area contributed by atoms with Crippen LogP contribution in [0.15, 0.2) is 51.8 Å². The van der Waals surface area contributed by atoms with E-state index >= 15 is 0 Å². The average molecular weight is 592 g/mol. The number of halogens is 5. The molecule has 0 bridgehead atoms. The third-order valence-electron chi connectivity index (χ3n) is 6.14. The second kappa shape index (κ2) is 8.83. The van der Waals surface area contributed by atoms with Crippen LogP contribution < -0.4 is 5.32 Å². The first-order valence-corrected chi connectivity index (χ1v) is 12.9. The number of fused-ring (bicyclic) bond motifs is 2. The fraction of sp³-hybridized carbons (Fsp3) is 0.318. The van der Waals surface area contributed by atoms with E-state index in [0.717, 1.165) is 19.1 Å². The Bertz CT molecular complexity index is 1370. The molecule has 1 spiro atoms. The maximum Gasteiger partial charge on any atom is 0.408 e. The van der Waals surface area contributed by atoms with Crippen molar-refractivity contribution in [3.63, 3.8) is 0 Å². The molecule has 0 radical (unpaired) electrons. The highest BCUT2D eigenvalue weighted by atomic mass is 79.9. The molecular formula is C22H18BrF4N3O5S. The number of hydrogen-bond acceptors (Lipinski definition) is 5. The summed E-state index contributed by atoms with van der Waals surface area (Å²) in [5.74, 6) is -3.68. The molecule has 2 aliphatic rings. The Morgan fingerprint density at radius 3 is 2.44 bits per heavy atom. The number of imide groups is 1. The first-order chi connectivity index (χ1) is 16.7. The van der Waals surface area contributed by atoms with Crippen LogP contribution in [-0.4, -0.2) is 60.6 Å². The van der Waals surface area contributed by atoms with Gasteiger partial charge in [0.25, 0.3) is 5.91 Å². The van der Waals surface area contributed by atoms with Crippen LogP contribution in [0.25, 0.3) is 0 Å². The second-order valence-corrected chi connectivity index (χ2v) is 11.4. The highest BCUT2D eigenvalue weighted by molar-refractivity contribution is 9.10. The predicted molar refractivity (Wildman–Crippen MR) is 121 cm³/mol. The quantitative estimate of drug-likeness (QED) is 0.425. The van der Waals surface area contributed by atoms with Crippen LogP contribution in [0.4, 0.5) is 22.4 Å². The van der Waals surface area contributed by atoms with Gasteiger partial charge in [-0.3, -0.25) is 14.5 Å². The molecule has 0 aliphatic carbocycles. The molecule has 2 aliphatic heterocycles. The molecule has 0 unspecified atom stereocenters. The van der Waals surface area contributed by atoms with Crippen LogP contribution >= 0.6 is 15.9 Å². The zero-order valence-corrected chi connectivity index (χ0v) is 20.9. The van der Waals surface area contributed by atoms with Gasteiger partial charge in [0.15, 0.2) is 15.4 Å². The number of alkyl halides is 3. The summed E-state index contributed by atoms with van der Waals surface area (Å²) in [5, 5.41) is 2.33. The maximum atomic E-state index is 13.5. The number of hydrogen-bond donors (Lipinski definition) is 1. The zero-order valence-electron chi connectivity index (χ0n) is 18.5. The molecule has 0 saturated carbocycles. The number of sulfone groups is 1. The van der Waals surface area contributed by atoms with Crippen molar-refractivity contribution in [3.05, 3.63) is 63.9 Å². The predicted octanol–water partition coefficient (Wildman–Crippen LogP) is 3.10. The molecule has 192 valence electrons. The summed E-state index contributed by atoms with van der Waals surface area (Å²) < 4.78 is 79.7. The lowest BCUT2D eigenvalue weighted by Crippen LogP contribution is -2.51. The van der Waals surface area contributed by atoms with Gasteiger partial charge in [-0.05, 0) is 36.8 Å². The van der Waals surface area contributed by atoms with Crippen molar-refractivity contribution in [2.45, 2.75) is 36.1 Å². The SMILES string of the molecule is C[C@H](N(Cc1ccc(F)cc1)C(=O)CN1C(=O)N[C@]2(CS(=O)(=O)c3cc(Br)ccc32)C1=O)C(F)(F)F. The molecule has 2 aromatic rings. The van der Waals surface area contributed by atoms with E-state index in [4.69, 9.17) is 0 Å². The summed E-state index contributed by atoms with van der Waals surface area (Å²) in [6, 6.07) is 5.16. The Morgan fingerprint density at radius 1 is 1.19 bits per heavy atom. The number of benzene rings is 2. The standard InChI is InChI=1S/C22H18BrF4N3O5S/c1-12(22(25,26)27)29(9-13-2-5-15(24)6-3-13)18(31)10-30-19(32)21(28-20(30)33)11-36(34,35)17-8-14(23)4-7-16(17)21/h2-8,12H,9-11H2,1H3,(H,28,33)/t12-,21-/m0/s1. The minimum absolute atomic E-state index is 0.00540. The number of rotatable bonds is 5. The van der Waals surface area contributed by atoms with E-state index in [1.54, 1.807) is 0 Å². The molecule has 4 amide bonds. The number of urea groups is 1. The molecule has 2 heterocycles. The van der Waals surface area contributed by atoms with Gasteiger partial charge < -0.3 is 10.2 Å². The lowest BCUT2D eigenvalue weighted by atomic mass is 9.92. The van der Waals surface area contributed by atoms with Crippen LogP contribution in [0, 0.1) is 5.82 Å². The van der Waals surface area contributed by atoms with Crippen LogP contribution in [0.1, 0.15) is 18.1 Å². The van der Waals surface area contributed by atoms with E-state index in [1.165, 1.54) is 30.3 Å². The van der Waals surface area contributed by atoms with Gasteiger partial charge in [0.2, 0.25) is 5.91 Å². The van der Waals surface area contributed by atoms with Crippen LogP contribution in [0.2, 0.25) is 0 Å². The largest absolute Gasteiger partial charge is 0.408 e. The fourth-order valence-corrected chi connectivity index (χ4v) is 6.70. The summed E-state index contributed by atoms with van der Waals surface area (Å²) in [5.41, 5.74) is -1.80. The summed E-state index contributed by atoms with van der Waals surface area (Å²) >= 11 is 3.15. The minimum Gasteiger partial charge on any atom is -0.325 e. The minimum atomic E-state index is -4.83. The van der Waals surface area contributed by atoms with Crippen molar-refractivity contribution in [2.75, 3.05) is 12.3 Å². The van der Waals surface area contributed by atoms with Crippen molar-refractivity contribution in [3.8, 4) is 0 Å². The molecule has 14 heteroatoms. The van der Waals surface area contributed by atoms with Gasteiger partial charge in [-0.25, -0.2) is 17.6 Å². The molecule has 1 N–H and O–H groups in total. The number of carbonyl (C=O) groups excluding carboxylic acids is 3. The van der Waals surface area contributed by atoms with Gasteiger partial charge in [-0.15, -0.1) is 0 Å². The van der Waals surface area contributed by atoms with Crippen molar-refractivity contribution in [2.24, 2.45) is 0 Å². The normalized spacial score (nSPS) is 21.4. The molecule has 1 saturated heterocycles. The zero-order chi connectivity index (χ0) is 26.6. The summed E-state index contributed by atoms with van der Waals surface area (Å²) in [6.45, 7) is -0.883. The van der Waals surface area contributed by atoms with E-state index in [-0.39, 0.29) is 16.0 Å². The van der Waals surface area contributed by atoms with Crippen molar-refractivity contribution >= 4 is 43.6 Å². The topological polar surface area (TPSA) is 104 Å². The molecule has 2 aromatic carbocycles. The average Bonchev–Trinajstić information content (AvgIpc) is 3.15. The lowest BCUT2D eigenvalue weighted by molar-refractivity contribution is -0.187. The number of nitrogens with zero attached hydrogens (tertiary/aromatic N) is 2. The molecule has 2 atom stereocenters. The van der Waals surface area contributed by atoms with Crippen molar-refractivity contribution in [1.29, 1.82) is 0 Å². The summed E-state index contributed by atoms with van der Waals surface area (Å²) in [4.78, 5) is 39.7. The Labute approximate surface area is 211 Å². The molecule has 4 rings (SSSR count). The van der Waals surface area contributed by atoms with E-state index in [0.29, 0.717) is 14.3 Å². The Balaban J connectivity index is 1.64. The van der Waals surface area contributed by atoms with Crippen molar-refractivity contribution in [1.82, 2.24) is 15.1 Å². The van der Waals surface area contributed by atoms with E-state index < -0.39 is 70.1 Å². The van der Waals surface area contributed by atoms with Gasteiger partial charge in [0, 0.05) is 16.6 Å². The first-order valence-electron chi connectivity index (χ1n) is 10.4. The molecule has 0 aromatic heterocycles. The number of amides is 4. The van der Waals surface area contributed by atoms with E-state index in [9.17, 15) is 40.4 Å². The Morgan fingerprint density at radius 2 is 1.83 bits per heavy atom. The highest BCUT2D eigenvalue weighted by Crippen LogP contribution is 2.43. The summed E-state index contributed by atoms with van der Waals surface area (Å²) in [7, 11) is -3.99. The maximum absolute atomic E-state index is 13.5. The molecule has 1 fully saturated rings. The van der Waals surface area contributed by atoms with E-state index in [2.05, 4.69) is 21.2 Å². The third-order valence-corrected chi connectivity index (χ3v) is 8.46. The van der Waals surface area contributed by atoms with Crippen LogP contribution in [0.3, 0.4) is 0 Å². The molecule has 8 nitrogen and oxygen atoms in total. The monoisotopic (exact) mass is 591 g/mol. The van der Waals surface area contributed by atoms with E-state index in [1.807, 2.05) is 0 Å². The second-order valence-electron chi connectivity index (χ2n) is 8.49. The molecule has 36 heavy (non-hydrogen) atoms. The van der Waals surface area contributed by atoms with Crippen LogP contribution in [0.5, 0.6) is 0 Å². The number of carbonyl (C=O) groups is 3. The van der Waals surface area contributed by atoms with Gasteiger partial charge in [-0.2, -0.15) is 13.2 Å². The highest BCUT2D eigenvalue weighted by Gasteiger charge is 2.60. The Kier molecular flexibility index (Phi) is 6.40. The van der Waals surface area contributed by atoms with Crippen molar-refractivity contribution < 1.29 is 40.4 Å². The summed E-state index contributed by atoms with van der Waals surface area (Å²) in [6.07, 6.45) is -4.83. The smallest absolute Gasteiger partial charge is 0.325 e. The number of nitrogens with one attached hydrogen (secondary N) is 1.